The van der Waals surface area contributed by atoms with Gasteiger partial charge in [-0.15, -0.1) is 11.3 Å². The molecule has 0 aliphatic heterocycles. The van der Waals surface area contributed by atoms with Gasteiger partial charge in [-0.25, -0.2) is 4.98 Å². The van der Waals surface area contributed by atoms with Gasteiger partial charge in [-0.2, -0.15) is 0 Å². The van der Waals surface area contributed by atoms with Crippen LogP contribution in [0.3, 0.4) is 0 Å². The predicted molar refractivity (Wildman–Crippen MR) is 83.2 cm³/mol. The van der Waals surface area contributed by atoms with Gasteiger partial charge < -0.3 is 14.8 Å². The molecule has 0 bridgehead atoms. The van der Waals surface area contributed by atoms with Crippen LogP contribution in [0.25, 0.3) is 0 Å². The first-order valence-electron chi connectivity index (χ1n) is 6.51. The van der Waals surface area contributed by atoms with Gasteiger partial charge in [0, 0.05) is 12.6 Å². The third-order valence-corrected chi connectivity index (χ3v) is 3.79. The van der Waals surface area contributed by atoms with Crippen molar-refractivity contribution >= 4 is 22.9 Å². The molecule has 112 valence electrons. The van der Waals surface area contributed by atoms with Crippen LogP contribution < -0.4 is 14.8 Å². The van der Waals surface area contributed by atoms with E-state index in [1.807, 2.05) is 32.0 Å². The first-order valence-corrected chi connectivity index (χ1v) is 7.32. The summed E-state index contributed by atoms with van der Waals surface area (Å²) in [5.74, 6) is 1.31. The number of nitrogens with zero attached hydrogens (tertiary/aromatic N) is 1. The SMILES string of the molecule is COc1nc(COc2ccc(NC(C)=O)c(C)c2)sc1C. The number of methoxy groups -OCH3 is 1. The molecule has 0 spiro atoms. The summed E-state index contributed by atoms with van der Waals surface area (Å²) in [5.41, 5.74) is 1.75. The van der Waals surface area contributed by atoms with Crippen LogP contribution in [0.4, 0.5) is 5.69 Å². The number of rotatable bonds is 5. The number of amides is 1. The highest BCUT2D eigenvalue weighted by Gasteiger charge is 2.09. The van der Waals surface area contributed by atoms with Crippen molar-refractivity contribution in [2.75, 3.05) is 12.4 Å². The van der Waals surface area contributed by atoms with Crippen molar-refractivity contribution in [2.24, 2.45) is 0 Å². The zero-order valence-corrected chi connectivity index (χ0v) is 13.3. The Balaban J connectivity index is 2.02. The minimum Gasteiger partial charge on any atom is -0.486 e. The second-order valence-electron chi connectivity index (χ2n) is 4.62. The second kappa shape index (κ2) is 6.58. The van der Waals surface area contributed by atoms with Gasteiger partial charge in [0.05, 0.1) is 12.0 Å². The van der Waals surface area contributed by atoms with Gasteiger partial charge >= 0.3 is 0 Å². The lowest BCUT2D eigenvalue weighted by Gasteiger charge is -2.09. The van der Waals surface area contributed by atoms with Crippen molar-refractivity contribution in [2.45, 2.75) is 27.4 Å². The summed E-state index contributed by atoms with van der Waals surface area (Å²) in [5, 5.41) is 3.64. The fourth-order valence-electron chi connectivity index (χ4n) is 1.89. The van der Waals surface area contributed by atoms with Crippen molar-refractivity contribution in [3.8, 4) is 11.6 Å². The van der Waals surface area contributed by atoms with Gasteiger partial charge in [-0.1, -0.05) is 0 Å². The van der Waals surface area contributed by atoms with Crippen LogP contribution in [-0.4, -0.2) is 18.0 Å². The van der Waals surface area contributed by atoms with Crippen LogP contribution in [0.5, 0.6) is 11.6 Å². The smallest absolute Gasteiger partial charge is 0.227 e. The van der Waals surface area contributed by atoms with E-state index >= 15 is 0 Å². The molecule has 6 heteroatoms. The minimum absolute atomic E-state index is 0.0860. The molecule has 0 aliphatic rings. The lowest BCUT2D eigenvalue weighted by Crippen LogP contribution is -2.07. The molecule has 1 heterocycles. The Morgan fingerprint density at radius 2 is 2.14 bits per heavy atom. The maximum absolute atomic E-state index is 11.1. The van der Waals surface area contributed by atoms with E-state index in [0.29, 0.717) is 12.5 Å². The van der Waals surface area contributed by atoms with Gasteiger partial charge in [-0.05, 0) is 37.6 Å². The molecule has 2 rings (SSSR count). The first kappa shape index (κ1) is 15.3. The normalized spacial score (nSPS) is 10.3. The van der Waals surface area contributed by atoms with Crippen molar-refractivity contribution in [3.63, 3.8) is 0 Å². The number of carbonyl (C=O) groups is 1. The van der Waals surface area contributed by atoms with Crippen LogP contribution in [0, 0.1) is 13.8 Å². The fraction of sp³-hybridized carbons (Fsp3) is 0.333. The molecular formula is C15H18N2O3S. The molecule has 1 aromatic heterocycles. The Hall–Kier alpha value is -2.08. The third-order valence-electron chi connectivity index (χ3n) is 2.86. The first-order chi connectivity index (χ1) is 9.99. The zero-order chi connectivity index (χ0) is 15.4. The Bertz CT molecular complexity index is 652. The molecule has 0 saturated carbocycles. The van der Waals surface area contributed by atoms with Crippen molar-refractivity contribution in [1.82, 2.24) is 4.98 Å². The number of thiazole rings is 1. The quantitative estimate of drug-likeness (QED) is 0.920. The number of carbonyl (C=O) groups excluding carboxylic acids is 1. The van der Waals surface area contributed by atoms with E-state index in [0.717, 1.165) is 26.9 Å². The van der Waals surface area contributed by atoms with Crippen LogP contribution in [0.2, 0.25) is 0 Å². The van der Waals surface area contributed by atoms with Crippen LogP contribution in [0.1, 0.15) is 22.4 Å². The number of benzene rings is 1. The molecule has 0 radical (unpaired) electrons. The Labute approximate surface area is 127 Å². The average Bonchev–Trinajstić information content (AvgIpc) is 2.79. The number of aryl methyl sites for hydroxylation is 2. The van der Waals surface area contributed by atoms with E-state index in [1.54, 1.807) is 18.4 Å². The highest BCUT2D eigenvalue weighted by molar-refractivity contribution is 7.11. The zero-order valence-electron chi connectivity index (χ0n) is 12.5. The van der Waals surface area contributed by atoms with Gasteiger partial charge in [0.2, 0.25) is 11.8 Å². The number of anilines is 1. The van der Waals surface area contributed by atoms with Crippen molar-refractivity contribution in [1.29, 1.82) is 0 Å². The molecule has 1 amide bonds. The summed E-state index contributed by atoms with van der Waals surface area (Å²) >= 11 is 1.56. The largest absolute Gasteiger partial charge is 0.486 e. The molecule has 0 atom stereocenters. The summed E-state index contributed by atoms with van der Waals surface area (Å²) in [7, 11) is 1.61. The topological polar surface area (TPSA) is 60.5 Å². The summed E-state index contributed by atoms with van der Waals surface area (Å²) in [4.78, 5) is 16.4. The third kappa shape index (κ3) is 3.95. The minimum atomic E-state index is -0.0860. The second-order valence-corrected chi connectivity index (χ2v) is 5.91. The predicted octanol–water partition coefficient (Wildman–Crippen LogP) is 3.31. The summed E-state index contributed by atoms with van der Waals surface area (Å²) in [6, 6.07) is 5.55. The maximum atomic E-state index is 11.1. The van der Waals surface area contributed by atoms with Crippen molar-refractivity contribution in [3.05, 3.63) is 33.6 Å². The molecule has 0 saturated heterocycles. The number of hydrogen-bond donors (Lipinski definition) is 1. The van der Waals surface area contributed by atoms with Gasteiger partial charge in [0.25, 0.3) is 0 Å². The molecule has 21 heavy (non-hydrogen) atoms. The number of nitrogens with one attached hydrogen (secondary N) is 1. The van der Waals surface area contributed by atoms with Gasteiger partial charge in [0.15, 0.2) is 0 Å². The highest BCUT2D eigenvalue weighted by atomic mass is 32.1. The maximum Gasteiger partial charge on any atom is 0.227 e. The average molecular weight is 306 g/mol. The summed E-state index contributed by atoms with van der Waals surface area (Å²) in [6.07, 6.45) is 0. The van der Waals surface area contributed by atoms with E-state index in [2.05, 4.69) is 10.3 Å². The van der Waals surface area contributed by atoms with E-state index < -0.39 is 0 Å². The molecule has 5 nitrogen and oxygen atoms in total. The Kier molecular flexibility index (Phi) is 4.80. The number of hydrogen-bond acceptors (Lipinski definition) is 5. The molecular weight excluding hydrogens is 288 g/mol. The number of ether oxygens (including phenoxy) is 2. The van der Waals surface area contributed by atoms with Crippen LogP contribution in [-0.2, 0) is 11.4 Å². The monoisotopic (exact) mass is 306 g/mol. The van der Waals surface area contributed by atoms with E-state index in [1.165, 1.54) is 6.92 Å². The summed E-state index contributed by atoms with van der Waals surface area (Å²) < 4.78 is 10.9. The highest BCUT2D eigenvalue weighted by Crippen LogP contribution is 2.26. The molecule has 1 N–H and O–H groups in total. The summed E-state index contributed by atoms with van der Waals surface area (Å²) in [6.45, 7) is 5.77. The molecule has 2 aromatic rings. The fourth-order valence-corrected chi connectivity index (χ4v) is 2.70. The van der Waals surface area contributed by atoms with E-state index in [-0.39, 0.29) is 5.91 Å². The Morgan fingerprint density at radius 1 is 1.38 bits per heavy atom. The Morgan fingerprint density at radius 3 is 2.71 bits per heavy atom. The lowest BCUT2D eigenvalue weighted by molar-refractivity contribution is -0.114. The number of aromatic nitrogens is 1. The van der Waals surface area contributed by atoms with Crippen LogP contribution in [0.15, 0.2) is 18.2 Å². The molecule has 1 aromatic carbocycles. The molecule has 0 fully saturated rings. The van der Waals surface area contributed by atoms with Gasteiger partial charge in [0.1, 0.15) is 17.4 Å². The van der Waals surface area contributed by atoms with Gasteiger partial charge in [-0.3, -0.25) is 4.79 Å². The van der Waals surface area contributed by atoms with E-state index in [4.69, 9.17) is 9.47 Å². The van der Waals surface area contributed by atoms with Crippen molar-refractivity contribution < 1.29 is 14.3 Å². The molecule has 0 unspecified atom stereocenters. The molecule has 0 aliphatic carbocycles. The van der Waals surface area contributed by atoms with E-state index in [9.17, 15) is 4.79 Å². The standard InChI is InChI=1S/C15H18N2O3S/c1-9-7-12(5-6-13(9)16-11(3)18)20-8-14-17-15(19-4)10(2)21-14/h5-7H,8H2,1-4H3,(H,16,18). The van der Waals surface area contributed by atoms with Crippen LogP contribution >= 0.6 is 11.3 Å². The lowest BCUT2D eigenvalue weighted by atomic mass is 10.2.